The Morgan fingerprint density at radius 3 is 2.52 bits per heavy atom. The van der Waals surface area contributed by atoms with Crippen molar-refractivity contribution in [3.8, 4) is 5.75 Å². The second-order valence-electron chi connectivity index (χ2n) is 6.71. The van der Waals surface area contributed by atoms with Crippen LogP contribution >= 0.6 is 0 Å². The molecule has 120 valence electrons. The number of nitrogens with one attached hydrogen (secondary N) is 1. The molecule has 5 nitrogen and oxygen atoms in total. The van der Waals surface area contributed by atoms with Crippen LogP contribution in [0.3, 0.4) is 0 Å². The molecule has 6 atom stereocenters. The summed E-state index contributed by atoms with van der Waals surface area (Å²) in [6.07, 6.45) is 5.14. The number of hydrogen-bond donors (Lipinski definition) is 2. The van der Waals surface area contributed by atoms with Gasteiger partial charge >= 0.3 is 5.97 Å². The van der Waals surface area contributed by atoms with Crippen molar-refractivity contribution >= 4 is 17.6 Å². The van der Waals surface area contributed by atoms with Gasteiger partial charge in [-0.1, -0.05) is 18.2 Å². The van der Waals surface area contributed by atoms with Crippen molar-refractivity contribution in [2.45, 2.75) is 6.42 Å². The molecule has 4 aliphatic carbocycles. The lowest BCUT2D eigenvalue weighted by atomic mass is 9.62. The van der Waals surface area contributed by atoms with Crippen molar-refractivity contribution in [2.24, 2.45) is 35.5 Å². The molecule has 0 aromatic heterocycles. The molecular formula is C18H19NO4. The van der Waals surface area contributed by atoms with Crippen LogP contribution < -0.4 is 10.1 Å². The summed E-state index contributed by atoms with van der Waals surface area (Å²) in [6.45, 7) is 0. The predicted molar refractivity (Wildman–Crippen MR) is 84.0 cm³/mol. The van der Waals surface area contributed by atoms with E-state index in [2.05, 4.69) is 11.4 Å². The molecule has 0 spiro atoms. The van der Waals surface area contributed by atoms with E-state index >= 15 is 0 Å². The van der Waals surface area contributed by atoms with Gasteiger partial charge in [-0.3, -0.25) is 9.59 Å². The number of carbonyl (C=O) groups is 2. The summed E-state index contributed by atoms with van der Waals surface area (Å²) >= 11 is 0. The van der Waals surface area contributed by atoms with Gasteiger partial charge in [-0.2, -0.15) is 0 Å². The first-order valence-electron chi connectivity index (χ1n) is 7.96. The largest absolute Gasteiger partial charge is 0.497 e. The van der Waals surface area contributed by atoms with E-state index in [0.717, 1.165) is 6.42 Å². The molecule has 2 saturated carbocycles. The Morgan fingerprint density at radius 2 is 1.87 bits per heavy atom. The van der Waals surface area contributed by atoms with Crippen molar-refractivity contribution in [3.63, 3.8) is 0 Å². The van der Waals surface area contributed by atoms with Crippen LogP contribution in [0.15, 0.2) is 36.4 Å². The van der Waals surface area contributed by atoms with Gasteiger partial charge in [0.25, 0.3) is 0 Å². The van der Waals surface area contributed by atoms with E-state index in [1.807, 2.05) is 6.08 Å². The van der Waals surface area contributed by atoms with Crippen molar-refractivity contribution in [2.75, 3.05) is 12.4 Å². The molecule has 4 aliphatic rings. The fourth-order valence-corrected chi connectivity index (χ4v) is 4.50. The Kier molecular flexibility index (Phi) is 3.18. The Morgan fingerprint density at radius 1 is 1.17 bits per heavy atom. The van der Waals surface area contributed by atoms with E-state index in [9.17, 15) is 14.7 Å². The zero-order chi connectivity index (χ0) is 16.1. The van der Waals surface area contributed by atoms with Crippen LogP contribution in [0.1, 0.15) is 6.42 Å². The first kappa shape index (κ1) is 14.3. The second kappa shape index (κ2) is 5.11. The maximum Gasteiger partial charge on any atom is 0.307 e. The van der Waals surface area contributed by atoms with E-state index in [0.29, 0.717) is 23.3 Å². The van der Waals surface area contributed by atoms with Gasteiger partial charge < -0.3 is 15.2 Å². The summed E-state index contributed by atoms with van der Waals surface area (Å²) in [5.74, 6) is -0.494. The van der Waals surface area contributed by atoms with Gasteiger partial charge in [0.05, 0.1) is 18.9 Å². The summed E-state index contributed by atoms with van der Waals surface area (Å²) in [6, 6.07) is 7.13. The molecule has 2 bridgehead atoms. The van der Waals surface area contributed by atoms with E-state index in [-0.39, 0.29) is 17.7 Å². The van der Waals surface area contributed by atoms with Gasteiger partial charge in [0.1, 0.15) is 5.75 Å². The Balaban J connectivity index is 1.59. The molecule has 0 saturated heterocycles. The zero-order valence-corrected chi connectivity index (χ0v) is 12.8. The van der Waals surface area contributed by atoms with Gasteiger partial charge in [0.2, 0.25) is 5.91 Å². The monoisotopic (exact) mass is 313 g/mol. The summed E-state index contributed by atoms with van der Waals surface area (Å²) in [5, 5.41) is 12.5. The first-order valence-corrected chi connectivity index (χ1v) is 7.96. The maximum absolute atomic E-state index is 12.8. The minimum Gasteiger partial charge on any atom is -0.497 e. The van der Waals surface area contributed by atoms with Crippen molar-refractivity contribution in [3.05, 3.63) is 36.4 Å². The van der Waals surface area contributed by atoms with Crippen LogP contribution in [0, 0.1) is 35.5 Å². The number of allylic oxidation sites excluding steroid dienone is 2. The average molecular weight is 313 g/mol. The van der Waals surface area contributed by atoms with E-state index < -0.39 is 17.8 Å². The van der Waals surface area contributed by atoms with Gasteiger partial charge in [0.15, 0.2) is 0 Å². The van der Waals surface area contributed by atoms with Crippen LogP contribution in [0.5, 0.6) is 5.75 Å². The number of ether oxygens (including phenoxy) is 1. The van der Waals surface area contributed by atoms with Crippen LogP contribution in [0.4, 0.5) is 5.69 Å². The highest BCUT2D eigenvalue weighted by Gasteiger charge is 2.62. The van der Waals surface area contributed by atoms with Crippen LogP contribution in [-0.2, 0) is 9.59 Å². The predicted octanol–water partition coefficient (Wildman–Crippen LogP) is 2.40. The number of carboxylic acids is 1. The Bertz CT molecular complexity index is 698. The number of hydrogen-bond acceptors (Lipinski definition) is 3. The minimum atomic E-state index is -0.861. The maximum atomic E-state index is 12.8. The minimum absolute atomic E-state index is 0.00330. The third-order valence-electron chi connectivity index (χ3n) is 5.58. The van der Waals surface area contributed by atoms with Crippen molar-refractivity contribution in [1.29, 1.82) is 0 Å². The van der Waals surface area contributed by atoms with Crippen LogP contribution in [0.2, 0.25) is 0 Å². The molecule has 1 aromatic rings. The lowest BCUT2D eigenvalue weighted by Crippen LogP contribution is -2.48. The average Bonchev–Trinajstić information content (AvgIpc) is 3.36. The number of rotatable bonds is 4. The highest BCUT2D eigenvalue weighted by Crippen LogP contribution is 2.63. The second-order valence-corrected chi connectivity index (χ2v) is 6.71. The number of methoxy groups -OCH3 is 1. The zero-order valence-electron chi connectivity index (χ0n) is 12.8. The molecule has 23 heavy (non-hydrogen) atoms. The SMILES string of the molecule is COc1cccc(NC(=O)C2C3C=CC(C4CC34)C2C(=O)O)c1. The quantitative estimate of drug-likeness (QED) is 0.837. The number of carbonyl (C=O) groups excluding carboxylic acids is 1. The summed E-state index contributed by atoms with van der Waals surface area (Å²) in [7, 11) is 1.57. The summed E-state index contributed by atoms with van der Waals surface area (Å²) in [5.41, 5.74) is 0.635. The lowest BCUT2D eigenvalue weighted by Gasteiger charge is -2.41. The first-order chi connectivity index (χ1) is 11.1. The number of benzene rings is 1. The molecule has 1 amide bonds. The number of amides is 1. The van der Waals surface area contributed by atoms with Gasteiger partial charge in [-0.05, 0) is 42.2 Å². The Labute approximate surface area is 134 Å². The third kappa shape index (κ3) is 2.22. The van der Waals surface area contributed by atoms with Gasteiger partial charge in [-0.25, -0.2) is 0 Å². The molecular weight excluding hydrogens is 294 g/mol. The molecule has 5 heteroatoms. The molecule has 0 heterocycles. The topological polar surface area (TPSA) is 75.6 Å². The van der Waals surface area contributed by atoms with Crippen LogP contribution in [0.25, 0.3) is 0 Å². The highest BCUT2D eigenvalue weighted by atomic mass is 16.5. The summed E-state index contributed by atoms with van der Waals surface area (Å²) < 4.78 is 5.16. The number of anilines is 1. The molecule has 5 rings (SSSR count). The lowest BCUT2D eigenvalue weighted by molar-refractivity contribution is -0.152. The van der Waals surface area contributed by atoms with Crippen molar-refractivity contribution < 1.29 is 19.4 Å². The molecule has 0 radical (unpaired) electrons. The smallest absolute Gasteiger partial charge is 0.307 e. The molecule has 2 N–H and O–H groups in total. The van der Waals surface area contributed by atoms with Gasteiger partial charge in [0, 0.05) is 11.8 Å². The number of carboxylic acid groups (broad SMARTS) is 1. The molecule has 1 aromatic carbocycles. The van der Waals surface area contributed by atoms with Gasteiger partial charge in [-0.15, -0.1) is 0 Å². The standard InChI is InChI=1S/C18H19NO4/c1-23-10-4-2-3-9(7-10)19-17(20)15-11-5-6-12(14-8-13(11)14)16(15)18(21)22/h2-7,11-16H,8H2,1H3,(H,19,20)(H,21,22). The Hall–Kier alpha value is -2.30. The normalized spacial score (nSPS) is 36.2. The highest BCUT2D eigenvalue weighted by molar-refractivity contribution is 5.96. The van der Waals surface area contributed by atoms with E-state index in [1.54, 1.807) is 31.4 Å². The van der Waals surface area contributed by atoms with Crippen LogP contribution in [-0.4, -0.2) is 24.1 Å². The molecule has 0 aliphatic heterocycles. The third-order valence-corrected chi connectivity index (χ3v) is 5.58. The summed E-state index contributed by atoms with van der Waals surface area (Å²) in [4.78, 5) is 24.5. The fourth-order valence-electron chi connectivity index (χ4n) is 4.50. The molecule has 6 unspecified atom stereocenters. The molecule has 2 fully saturated rings. The fraction of sp³-hybridized carbons (Fsp3) is 0.444. The van der Waals surface area contributed by atoms with Crippen molar-refractivity contribution in [1.82, 2.24) is 0 Å². The number of aliphatic carboxylic acids is 1. The van der Waals surface area contributed by atoms with E-state index in [4.69, 9.17) is 4.74 Å². The number of fused-ring (bicyclic) bond motifs is 1. The van der Waals surface area contributed by atoms with E-state index in [1.165, 1.54) is 0 Å².